The van der Waals surface area contributed by atoms with Crippen molar-refractivity contribution >= 4 is 29.5 Å². The van der Waals surface area contributed by atoms with Crippen LogP contribution in [0.4, 0.5) is 0 Å². The average Bonchev–Trinajstić information content (AvgIpc) is 3.21. The van der Waals surface area contributed by atoms with Crippen molar-refractivity contribution in [1.29, 1.82) is 0 Å². The molecule has 0 unspecified atom stereocenters. The van der Waals surface area contributed by atoms with Gasteiger partial charge in [-0.3, -0.25) is 24.0 Å². The molecule has 5 amide bonds. The van der Waals surface area contributed by atoms with Crippen LogP contribution in [0.25, 0.3) is 0 Å². The van der Waals surface area contributed by atoms with E-state index >= 15 is 0 Å². The van der Waals surface area contributed by atoms with E-state index in [0.717, 1.165) is 16.7 Å². The van der Waals surface area contributed by atoms with Crippen molar-refractivity contribution in [3.63, 3.8) is 0 Å². The van der Waals surface area contributed by atoms with Gasteiger partial charge in [0.05, 0.1) is 38.8 Å². The first-order valence-electron chi connectivity index (χ1n) is 18.5. The maximum Gasteiger partial charge on any atom is 0.255 e. The molecule has 13 nitrogen and oxygen atoms in total. The molecule has 0 saturated heterocycles. The number of carbonyl (C=O) groups excluding carboxylic acids is 5. The summed E-state index contributed by atoms with van der Waals surface area (Å²) in [5, 5.41) is 8.63. The first-order chi connectivity index (χ1) is 27.1. The number of benzene rings is 4. The molecule has 2 atom stereocenters. The Morgan fingerprint density at radius 1 is 0.786 bits per heavy atom. The van der Waals surface area contributed by atoms with Crippen molar-refractivity contribution in [3.8, 4) is 17.2 Å². The van der Waals surface area contributed by atoms with Crippen molar-refractivity contribution in [1.82, 2.24) is 25.8 Å². The van der Waals surface area contributed by atoms with Crippen LogP contribution in [0.1, 0.15) is 39.9 Å². The van der Waals surface area contributed by atoms with Gasteiger partial charge in [0.2, 0.25) is 23.6 Å². The van der Waals surface area contributed by atoms with Crippen molar-refractivity contribution < 1.29 is 38.2 Å². The lowest BCUT2D eigenvalue weighted by molar-refractivity contribution is -0.142. The van der Waals surface area contributed by atoms with Gasteiger partial charge in [0.1, 0.15) is 24.9 Å². The Morgan fingerprint density at radius 3 is 2.18 bits per heavy atom. The van der Waals surface area contributed by atoms with Crippen LogP contribution in [0.3, 0.4) is 0 Å². The summed E-state index contributed by atoms with van der Waals surface area (Å²) < 4.78 is 16.9. The van der Waals surface area contributed by atoms with E-state index in [1.807, 2.05) is 78.9 Å². The van der Waals surface area contributed by atoms with Crippen molar-refractivity contribution in [3.05, 3.63) is 125 Å². The molecule has 0 aliphatic carbocycles. The van der Waals surface area contributed by atoms with Gasteiger partial charge < -0.3 is 40.0 Å². The SMILES string of the molecule is COc1ccc(CCCNC(=O)[C@@H]2CC(=O)N(Cc3ccccc3)CC(=O)N(C)CC(=O)N[C@H](Cc3ccccc3)COc3ccccc3C(=O)N2)cc1OC. The number of fused-ring (bicyclic) bond motifs is 1. The Morgan fingerprint density at radius 2 is 1.46 bits per heavy atom. The van der Waals surface area contributed by atoms with Crippen LogP contribution >= 0.6 is 0 Å². The molecule has 13 heteroatoms. The van der Waals surface area contributed by atoms with Gasteiger partial charge >= 0.3 is 0 Å². The molecule has 3 N–H and O–H groups in total. The fourth-order valence-corrected chi connectivity index (χ4v) is 6.33. The number of para-hydroxylation sites is 1. The summed E-state index contributed by atoms with van der Waals surface area (Å²) >= 11 is 0. The molecular formula is C43H49N5O8. The van der Waals surface area contributed by atoms with E-state index in [4.69, 9.17) is 14.2 Å². The van der Waals surface area contributed by atoms with Crippen LogP contribution in [-0.4, -0.2) is 98.9 Å². The van der Waals surface area contributed by atoms with E-state index in [9.17, 15) is 24.0 Å². The van der Waals surface area contributed by atoms with E-state index in [0.29, 0.717) is 30.8 Å². The van der Waals surface area contributed by atoms with Crippen LogP contribution in [0.15, 0.2) is 103 Å². The van der Waals surface area contributed by atoms with E-state index in [1.54, 1.807) is 38.5 Å². The number of hydrogen-bond acceptors (Lipinski definition) is 8. The monoisotopic (exact) mass is 763 g/mol. The predicted octanol–water partition coefficient (Wildman–Crippen LogP) is 3.55. The van der Waals surface area contributed by atoms with Gasteiger partial charge in [-0.15, -0.1) is 0 Å². The number of methoxy groups -OCH3 is 2. The number of ether oxygens (including phenoxy) is 3. The topological polar surface area (TPSA) is 156 Å². The van der Waals surface area contributed by atoms with E-state index in [1.165, 1.54) is 16.8 Å². The van der Waals surface area contributed by atoms with Crippen molar-refractivity contribution in [2.75, 3.05) is 47.5 Å². The first kappa shape index (κ1) is 40.8. The lowest BCUT2D eigenvalue weighted by Gasteiger charge is -2.27. The van der Waals surface area contributed by atoms with Crippen molar-refractivity contribution in [2.45, 2.75) is 44.3 Å². The predicted molar refractivity (Wildman–Crippen MR) is 210 cm³/mol. The zero-order valence-electron chi connectivity index (χ0n) is 32.0. The smallest absolute Gasteiger partial charge is 0.255 e. The number of nitrogens with zero attached hydrogens (tertiary/aromatic N) is 2. The number of carbonyl (C=O) groups is 5. The molecule has 0 radical (unpaired) electrons. The average molecular weight is 764 g/mol. The molecule has 294 valence electrons. The second-order valence-corrected chi connectivity index (χ2v) is 13.6. The third kappa shape index (κ3) is 11.8. The quantitative estimate of drug-likeness (QED) is 0.196. The van der Waals surface area contributed by atoms with E-state index in [-0.39, 0.29) is 44.1 Å². The minimum atomic E-state index is -1.29. The van der Waals surface area contributed by atoms with Gasteiger partial charge in [-0.05, 0) is 60.2 Å². The van der Waals surface area contributed by atoms with E-state index < -0.39 is 48.0 Å². The molecule has 1 aliphatic rings. The molecule has 0 saturated carbocycles. The lowest BCUT2D eigenvalue weighted by atomic mass is 10.1. The number of aryl methyl sites for hydroxylation is 1. The number of hydrogen-bond donors (Lipinski definition) is 3. The van der Waals surface area contributed by atoms with Gasteiger partial charge in [0.15, 0.2) is 11.5 Å². The minimum absolute atomic E-state index is 0.00983. The van der Waals surface area contributed by atoms with E-state index in [2.05, 4.69) is 16.0 Å². The zero-order chi connectivity index (χ0) is 39.9. The zero-order valence-corrected chi connectivity index (χ0v) is 32.0. The standard InChI is InChI=1S/C43H49N5O8/c1-47-27-39(49)45-33(23-30-13-6-4-7-14-30)29-56-36-19-11-10-18-34(36)42(52)46-35(25-40(50)48(28-41(47)51)26-32-15-8-5-9-16-32)43(53)44-22-12-17-31-20-21-37(54-2)38(24-31)55-3/h4-11,13-16,18-21,24,33,35H,12,17,22-23,25-29H2,1-3H3,(H,44,53)(H,45,49)(H,46,52)/t33-,35+/m1/s1. The van der Waals surface area contributed by atoms with Crippen LogP contribution in [0.2, 0.25) is 0 Å². The highest BCUT2D eigenvalue weighted by molar-refractivity contribution is 6.01. The van der Waals surface area contributed by atoms with Gasteiger partial charge in [-0.1, -0.05) is 78.9 Å². The molecule has 56 heavy (non-hydrogen) atoms. The van der Waals surface area contributed by atoms with Crippen LogP contribution in [0, 0.1) is 0 Å². The Balaban J connectivity index is 1.40. The minimum Gasteiger partial charge on any atom is -0.493 e. The highest BCUT2D eigenvalue weighted by Gasteiger charge is 2.30. The molecule has 4 aromatic carbocycles. The number of rotatable bonds is 11. The molecule has 1 aliphatic heterocycles. The molecule has 0 bridgehead atoms. The first-order valence-corrected chi connectivity index (χ1v) is 18.5. The third-order valence-corrected chi connectivity index (χ3v) is 9.35. The third-order valence-electron chi connectivity index (χ3n) is 9.35. The maximum atomic E-state index is 14.1. The molecule has 0 aromatic heterocycles. The molecular weight excluding hydrogens is 715 g/mol. The van der Waals surface area contributed by atoms with Crippen LogP contribution < -0.4 is 30.2 Å². The Hall–Kier alpha value is -6.37. The van der Waals surface area contributed by atoms with Crippen molar-refractivity contribution in [2.24, 2.45) is 0 Å². The Kier molecular flexibility index (Phi) is 14.8. The lowest BCUT2D eigenvalue weighted by Crippen LogP contribution is -2.51. The summed E-state index contributed by atoms with van der Waals surface area (Å²) in [5.74, 6) is -1.17. The Labute approximate surface area is 327 Å². The van der Waals surface area contributed by atoms with Gasteiger partial charge in [0.25, 0.3) is 5.91 Å². The fraction of sp³-hybridized carbons (Fsp3) is 0.326. The molecule has 1 heterocycles. The second-order valence-electron chi connectivity index (χ2n) is 13.6. The molecule has 4 aromatic rings. The van der Waals surface area contributed by atoms with Gasteiger partial charge in [-0.2, -0.15) is 0 Å². The largest absolute Gasteiger partial charge is 0.493 e. The second kappa shape index (κ2) is 20.3. The summed E-state index contributed by atoms with van der Waals surface area (Å²) in [6, 6.07) is 29.1. The summed E-state index contributed by atoms with van der Waals surface area (Å²) in [6.45, 7) is -0.286. The highest BCUT2D eigenvalue weighted by Crippen LogP contribution is 2.28. The number of nitrogens with one attached hydrogen (secondary N) is 3. The summed E-state index contributed by atoms with van der Waals surface area (Å²) in [4.78, 5) is 71.4. The molecule has 0 fully saturated rings. The van der Waals surface area contributed by atoms with Gasteiger partial charge in [0, 0.05) is 20.1 Å². The fourth-order valence-electron chi connectivity index (χ4n) is 6.33. The summed E-state index contributed by atoms with van der Waals surface area (Å²) in [7, 11) is 4.63. The molecule has 5 rings (SSSR count). The number of likely N-dealkylation sites (N-methyl/N-ethyl adjacent to an activating group) is 1. The van der Waals surface area contributed by atoms with Gasteiger partial charge in [-0.25, -0.2) is 0 Å². The maximum absolute atomic E-state index is 14.1. The summed E-state index contributed by atoms with van der Waals surface area (Å²) in [6.07, 6.45) is 1.17. The van der Waals surface area contributed by atoms with Crippen LogP contribution in [-0.2, 0) is 38.6 Å². The van der Waals surface area contributed by atoms with Crippen LogP contribution in [0.5, 0.6) is 17.2 Å². The number of amides is 5. The Bertz CT molecular complexity index is 1960. The highest BCUT2D eigenvalue weighted by atomic mass is 16.5. The summed E-state index contributed by atoms with van der Waals surface area (Å²) in [5.41, 5.74) is 2.84. The normalized spacial score (nSPS) is 17.1. The molecule has 0 spiro atoms.